The van der Waals surface area contributed by atoms with Crippen LogP contribution in [0.5, 0.6) is 0 Å². The minimum Gasteiger partial charge on any atom is -0.233 e. The largest absolute Gasteiger partial charge is 0.268 e. The fourth-order valence-corrected chi connectivity index (χ4v) is 5.10. The molecule has 0 bridgehead atoms. The third-order valence-corrected chi connectivity index (χ3v) is 6.74. The summed E-state index contributed by atoms with van der Waals surface area (Å²) >= 11 is 0. The Balaban J connectivity index is 2.18. The van der Waals surface area contributed by atoms with Gasteiger partial charge in [0, 0.05) is 10.9 Å². The van der Waals surface area contributed by atoms with Crippen LogP contribution in [0.2, 0.25) is 0 Å². The second-order valence-electron chi connectivity index (χ2n) is 7.01. The first-order valence-corrected chi connectivity index (χ1v) is 10.9. The Hall–Kier alpha value is -4.13. The summed E-state index contributed by atoms with van der Waals surface area (Å²) in [4.78, 5) is 0.160. The van der Waals surface area contributed by atoms with Gasteiger partial charge >= 0.3 is 0 Å². The third kappa shape index (κ3) is 3.50. The van der Waals surface area contributed by atoms with Crippen molar-refractivity contribution in [2.45, 2.75) is 11.8 Å². The molecule has 0 fully saturated rings. The zero-order chi connectivity index (χ0) is 22.0. The highest BCUT2D eigenvalue weighted by molar-refractivity contribution is 7.90. The molecule has 150 valence electrons. The van der Waals surface area contributed by atoms with Gasteiger partial charge in [-0.15, -0.1) is 0 Å². The summed E-state index contributed by atoms with van der Waals surface area (Å²) in [7, 11) is -3.97. The van der Waals surface area contributed by atoms with Gasteiger partial charge in [-0.2, -0.15) is 10.5 Å². The molecule has 0 saturated heterocycles. The molecule has 0 aliphatic rings. The first-order valence-electron chi connectivity index (χ1n) is 9.50. The zero-order valence-corrected chi connectivity index (χ0v) is 17.5. The number of rotatable bonds is 4. The van der Waals surface area contributed by atoms with Crippen molar-refractivity contribution in [3.05, 3.63) is 95.6 Å². The van der Waals surface area contributed by atoms with Gasteiger partial charge in [-0.25, -0.2) is 12.4 Å². The summed E-state index contributed by atoms with van der Waals surface area (Å²) < 4.78 is 28.9. The van der Waals surface area contributed by atoms with Crippen LogP contribution in [0.4, 0.5) is 0 Å². The number of hydrogen-bond donors (Lipinski definition) is 0. The van der Waals surface area contributed by atoms with Crippen molar-refractivity contribution in [1.82, 2.24) is 3.97 Å². The lowest BCUT2D eigenvalue weighted by molar-refractivity contribution is 0.589. The maximum Gasteiger partial charge on any atom is 0.268 e. The summed E-state index contributed by atoms with van der Waals surface area (Å²) in [5, 5.41) is 19.3. The Kier molecular flexibility index (Phi) is 5.17. The Morgan fingerprint density at radius 3 is 2.13 bits per heavy atom. The predicted octanol–water partition coefficient (Wildman–Crippen LogP) is 5.28. The number of para-hydroxylation sites is 1. The Labute approximate surface area is 180 Å². The monoisotopic (exact) mass is 423 g/mol. The number of fused-ring (bicyclic) bond motifs is 1. The molecule has 6 heteroatoms. The lowest BCUT2D eigenvalue weighted by Crippen LogP contribution is -2.14. The van der Waals surface area contributed by atoms with E-state index in [4.69, 9.17) is 0 Å². The molecule has 0 atom stereocenters. The molecule has 0 aliphatic carbocycles. The molecule has 0 amide bonds. The smallest absolute Gasteiger partial charge is 0.233 e. The molecule has 1 aromatic heterocycles. The SMILES string of the molecule is Cc1ccc(S(=O)(=O)n2c(-c3ccccc3)c(C=C(C#N)C#N)c3ccccc32)cc1. The van der Waals surface area contributed by atoms with E-state index >= 15 is 0 Å². The van der Waals surface area contributed by atoms with E-state index in [1.54, 1.807) is 48.5 Å². The molecule has 31 heavy (non-hydrogen) atoms. The van der Waals surface area contributed by atoms with Crippen molar-refractivity contribution in [3.63, 3.8) is 0 Å². The van der Waals surface area contributed by atoms with Crippen LogP contribution in [0.25, 0.3) is 28.2 Å². The zero-order valence-electron chi connectivity index (χ0n) is 16.6. The van der Waals surface area contributed by atoms with Crippen LogP contribution in [0.1, 0.15) is 11.1 Å². The molecular formula is C25H17N3O2S. The molecular weight excluding hydrogens is 406 g/mol. The normalized spacial score (nSPS) is 10.9. The van der Waals surface area contributed by atoms with Gasteiger partial charge in [0.05, 0.1) is 16.1 Å². The van der Waals surface area contributed by atoms with Crippen molar-refractivity contribution in [2.75, 3.05) is 0 Å². The van der Waals surface area contributed by atoms with Gasteiger partial charge in [0.15, 0.2) is 0 Å². The summed E-state index contributed by atoms with van der Waals surface area (Å²) in [6.45, 7) is 1.89. The highest BCUT2D eigenvalue weighted by Gasteiger charge is 2.27. The van der Waals surface area contributed by atoms with E-state index in [0.717, 1.165) is 5.56 Å². The molecule has 0 radical (unpaired) electrons. The van der Waals surface area contributed by atoms with Crippen LogP contribution in [0.15, 0.2) is 89.3 Å². The second-order valence-corrected chi connectivity index (χ2v) is 8.80. The molecule has 0 N–H and O–H groups in total. The van der Waals surface area contributed by atoms with E-state index < -0.39 is 10.0 Å². The lowest BCUT2D eigenvalue weighted by Gasteiger charge is -2.13. The van der Waals surface area contributed by atoms with Gasteiger partial charge in [-0.1, -0.05) is 66.2 Å². The van der Waals surface area contributed by atoms with E-state index in [-0.39, 0.29) is 10.5 Å². The first-order chi connectivity index (χ1) is 15.0. The van der Waals surface area contributed by atoms with Crippen molar-refractivity contribution in [3.8, 4) is 23.4 Å². The van der Waals surface area contributed by atoms with Gasteiger partial charge in [0.25, 0.3) is 10.0 Å². The van der Waals surface area contributed by atoms with Crippen molar-refractivity contribution in [2.24, 2.45) is 0 Å². The van der Waals surface area contributed by atoms with E-state index in [0.29, 0.717) is 27.7 Å². The molecule has 4 aromatic rings. The standard InChI is InChI=1S/C25H17N3O2S/c1-18-11-13-21(14-12-18)31(29,30)28-24-10-6-5-9-22(24)23(15-19(16-26)17-27)25(28)20-7-3-2-4-8-20/h2-15H,1H3. The van der Waals surface area contributed by atoms with Gasteiger partial charge in [0.1, 0.15) is 17.7 Å². The van der Waals surface area contributed by atoms with Crippen LogP contribution in [-0.4, -0.2) is 12.4 Å². The third-order valence-electron chi connectivity index (χ3n) is 5.01. The number of aryl methyl sites for hydroxylation is 1. The average Bonchev–Trinajstić information content (AvgIpc) is 3.13. The van der Waals surface area contributed by atoms with Crippen LogP contribution >= 0.6 is 0 Å². The summed E-state index contributed by atoms with van der Waals surface area (Å²) in [5.41, 5.74) is 2.91. The first kappa shape index (κ1) is 20.2. The maximum atomic E-state index is 13.8. The fourth-order valence-electron chi connectivity index (χ4n) is 3.55. The molecule has 1 heterocycles. The molecule has 5 nitrogen and oxygen atoms in total. The summed E-state index contributed by atoms with van der Waals surface area (Å²) in [6.07, 6.45) is 1.45. The number of aromatic nitrogens is 1. The van der Waals surface area contributed by atoms with Crippen molar-refractivity contribution < 1.29 is 8.42 Å². The van der Waals surface area contributed by atoms with Crippen molar-refractivity contribution >= 4 is 27.0 Å². The van der Waals surface area contributed by atoms with E-state index in [1.807, 2.05) is 49.4 Å². The highest BCUT2D eigenvalue weighted by atomic mass is 32.2. The van der Waals surface area contributed by atoms with Crippen molar-refractivity contribution in [1.29, 1.82) is 10.5 Å². The topological polar surface area (TPSA) is 86.7 Å². The lowest BCUT2D eigenvalue weighted by atomic mass is 10.0. The van der Waals surface area contributed by atoms with Crippen LogP contribution in [0, 0.1) is 29.6 Å². The Morgan fingerprint density at radius 1 is 0.871 bits per heavy atom. The fraction of sp³-hybridized carbons (Fsp3) is 0.0400. The maximum absolute atomic E-state index is 13.8. The van der Waals surface area contributed by atoms with Gasteiger partial charge < -0.3 is 0 Å². The Morgan fingerprint density at radius 2 is 1.48 bits per heavy atom. The molecule has 3 aromatic carbocycles. The minimum absolute atomic E-state index is 0.104. The van der Waals surface area contributed by atoms with Crippen LogP contribution in [-0.2, 0) is 10.0 Å². The number of nitrogens with zero attached hydrogens (tertiary/aromatic N) is 3. The second kappa shape index (κ2) is 7.95. The van der Waals surface area contributed by atoms with Crippen LogP contribution < -0.4 is 0 Å². The quantitative estimate of drug-likeness (QED) is 0.418. The van der Waals surface area contributed by atoms with Gasteiger partial charge in [0.2, 0.25) is 0 Å². The molecule has 0 aliphatic heterocycles. The predicted molar refractivity (Wildman–Crippen MR) is 120 cm³/mol. The Bertz CT molecular complexity index is 1480. The molecule has 4 rings (SSSR count). The van der Waals surface area contributed by atoms with Crippen LogP contribution in [0.3, 0.4) is 0 Å². The summed E-state index contributed by atoms with van der Waals surface area (Å²) in [6, 6.07) is 26.6. The van der Waals surface area contributed by atoms with E-state index in [1.165, 1.54) is 10.0 Å². The van der Waals surface area contributed by atoms with Gasteiger partial charge in [-0.05, 0) is 36.8 Å². The minimum atomic E-state index is -3.97. The highest BCUT2D eigenvalue weighted by Crippen LogP contribution is 2.38. The number of nitriles is 2. The number of benzene rings is 3. The summed E-state index contributed by atoms with van der Waals surface area (Å²) in [5.74, 6) is 0. The van der Waals surface area contributed by atoms with E-state index in [9.17, 15) is 18.9 Å². The van der Waals surface area contributed by atoms with Gasteiger partial charge in [-0.3, -0.25) is 0 Å². The average molecular weight is 423 g/mol. The molecule has 0 spiro atoms. The molecule has 0 unspecified atom stereocenters. The molecule has 0 saturated carbocycles. The number of hydrogen-bond acceptors (Lipinski definition) is 4. The number of allylic oxidation sites excluding steroid dienone is 1. The van der Waals surface area contributed by atoms with E-state index in [2.05, 4.69) is 0 Å².